The first kappa shape index (κ1) is 14.9. The number of hydrogen-bond donors (Lipinski definition) is 2. The monoisotopic (exact) mass is 340 g/mol. The van der Waals surface area contributed by atoms with Gasteiger partial charge in [-0.15, -0.1) is 0 Å². The summed E-state index contributed by atoms with van der Waals surface area (Å²) in [5.41, 5.74) is 5.11. The highest BCUT2D eigenvalue weighted by molar-refractivity contribution is 9.10. The van der Waals surface area contributed by atoms with Crippen molar-refractivity contribution >= 4 is 37.6 Å². The van der Waals surface area contributed by atoms with Gasteiger partial charge in [-0.25, -0.2) is 13.1 Å². The second-order valence-corrected chi connectivity index (χ2v) is 7.42. The number of sulfonamides is 1. The third-order valence-corrected chi connectivity index (χ3v) is 4.55. The first-order chi connectivity index (χ1) is 7.62. The minimum Gasteiger partial charge on any atom is -0.324 e. The van der Waals surface area contributed by atoms with Gasteiger partial charge in [0.2, 0.25) is 10.0 Å². The average Bonchev–Trinajstić information content (AvgIpc) is 2.18. The molecular weight excluding hydrogens is 328 g/mol. The molecule has 0 unspecified atom stereocenters. The normalized spacial score (nSPS) is 12.8. The Morgan fingerprint density at radius 3 is 2.53 bits per heavy atom. The largest absolute Gasteiger partial charge is 0.324 e. The van der Waals surface area contributed by atoms with E-state index in [1.54, 1.807) is 19.9 Å². The topological polar surface area (TPSA) is 72.2 Å². The molecule has 0 radical (unpaired) electrons. The first-order valence-corrected chi connectivity index (χ1v) is 7.51. The molecule has 0 spiro atoms. The molecule has 1 rings (SSSR count). The lowest BCUT2D eigenvalue weighted by molar-refractivity contribution is 0.498. The second kappa shape index (κ2) is 5.24. The summed E-state index contributed by atoms with van der Waals surface area (Å²) in [7, 11) is -3.57. The Bertz CT molecular complexity index is 512. The number of nitrogens with one attached hydrogen (secondary N) is 1. The van der Waals surface area contributed by atoms with E-state index in [1.165, 1.54) is 12.1 Å². The predicted molar refractivity (Wildman–Crippen MR) is 72.6 cm³/mol. The molecule has 1 aromatic rings. The van der Waals surface area contributed by atoms with Gasteiger partial charge in [-0.3, -0.25) is 0 Å². The molecule has 3 N–H and O–H groups in total. The molecule has 0 aliphatic heterocycles. The molecule has 1 aromatic carbocycles. The van der Waals surface area contributed by atoms with Crippen LogP contribution in [0.25, 0.3) is 0 Å². The van der Waals surface area contributed by atoms with Gasteiger partial charge >= 0.3 is 0 Å². The van der Waals surface area contributed by atoms with Crippen LogP contribution >= 0.6 is 27.5 Å². The van der Waals surface area contributed by atoms with E-state index in [9.17, 15) is 8.42 Å². The summed E-state index contributed by atoms with van der Waals surface area (Å²) >= 11 is 9.05. The third-order valence-electron chi connectivity index (χ3n) is 1.92. The van der Waals surface area contributed by atoms with Gasteiger partial charge in [-0.1, -0.05) is 11.6 Å². The highest BCUT2D eigenvalue weighted by atomic mass is 79.9. The van der Waals surface area contributed by atoms with Crippen LogP contribution in [0.15, 0.2) is 27.6 Å². The zero-order valence-electron chi connectivity index (χ0n) is 9.50. The maximum Gasteiger partial charge on any atom is 0.240 e. The lowest BCUT2D eigenvalue weighted by atomic mass is 10.1. The van der Waals surface area contributed by atoms with E-state index in [-0.39, 0.29) is 11.4 Å². The molecule has 0 amide bonds. The molecule has 0 heterocycles. The van der Waals surface area contributed by atoms with Crippen molar-refractivity contribution in [3.63, 3.8) is 0 Å². The summed E-state index contributed by atoms with van der Waals surface area (Å²) in [6.07, 6.45) is 0. The van der Waals surface area contributed by atoms with E-state index in [0.29, 0.717) is 9.50 Å². The van der Waals surface area contributed by atoms with Crippen LogP contribution in [0.4, 0.5) is 0 Å². The Hall–Kier alpha value is -0.140. The maximum absolute atomic E-state index is 11.9. The zero-order valence-corrected chi connectivity index (χ0v) is 12.7. The van der Waals surface area contributed by atoms with Gasteiger partial charge in [0.25, 0.3) is 0 Å². The predicted octanol–water partition coefficient (Wildman–Crippen LogP) is 2.12. The number of rotatable bonds is 4. The first-order valence-electron chi connectivity index (χ1n) is 4.85. The van der Waals surface area contributed by atoms with Crippen LogP contribution in [-0.4, -0.2) is 20.5 Å². The van der Waals surface area contributed by atoms with Crippen molar-refractivity contribution in [1.29, 1.82) is 0 Å². The summed E-state index contributed by atoms with van der Waals surface area (Å²) in [6.45, 7) is 3.64. The molecule has 0 saturated heterocycles. The fourth-order valence-electron chi connectivity index (χ4n) is 1.01. The van der Waals surface area contributed by atoms with Crippen LogP contribution in [0.1, 0.15) is 13.8 Å². The molecule has 0 aliphatic carbocycles. The van der Waals surface area contributed by atoms with E-state index in [0.717, 1.165) is 0 Å². The number of benzene rings is 1. The minimum absolute atomic E-state index is 0.120. The molecular formula is C10H14BrClN2O2S. The van der Waals surface area contributed by atoms with Gasteiger partial charge < -0.3 is 5.73 Å². The standard InChI is InChI=1S/C10H14BrClN2O2S/c1-10(2,13)6-14-17(15,16)7-3-4-8(11)9(12)5-7/h3-5,14H,6,13H2,1-2H3. The van der Waals surface area contributed by atoms with Crippen LogP contribution in [0.5, 0.6) is 0 Å². The molecule has 0 bridgehead atoms. The summed E-state index contributed by atoms with van der Waals surface area (Å²) in [6, 6.07) is 4.45. The van der Waals surface area contributed by atoms with E-state index in [4.69, 9.17) is 17.3 Å². The van der Waals surface area contributed by atoms with E-state index < -0.39 is 15.6 Å². The molecule has 0 aliphatic rings. The molecule has 96 valence electrons. The molecule has 0 fully saturated rings. The Morgan fingerprint density at radius 2 is 2.06 bits per heavy atom. The Morgan fingerprint density at radius 1 is 1.47 bits per heavy atom. The van der Waals surface area contributed by atoms with Crippen molar-refractivity contribution in [3.8, 4) is 0 Å². The summed E-state index contributed by atoms with van der Waals surface area (Å²) in [5.74, 6) is 0. The SMILES string of the molecule is CC(C)(N)CNS(=O)(=O)c1ccc(Br)c(Cl)c1. The van der Waals surface area contributed by atoms with Gasteiger partial charge in [0.05, 0.1) is 9.92 Å². The van der Waals surface area contributed by atoms with Crippen LogP contribution < -0.4 is 10.5 Å². The van der Waals surface area contributed by atoms with Crippen molar-refractivity contribution < 1.29 is 8.42 Å². The van der Waals surface area contributed by atoms with E-state index in [2.05, 4.69) is 20.7 Å². The average molecular weight is 342 g/mol. The molecule has 0 saturated carbocycles. The van der Waals surface area contributed by atoms with Crippen LogP contribution in [0.3, 0.4) is 0 Å². The van der Waals surface area contributed by atoms with Gasteiger partial charge in [-0.05, 0) is 48.0 Å². The van der Waals surface area contributed by atoms with Gasteiger partial charge in [0.15, 0.2) is 0 Å². The quantitative estimate of drug-likeness (QED) is 0.881. The third kappa shape index (κ3) is 4.56. The van der Waals surface area contributed by atoms with Crippen molar-refractivity contribution in [2.24, 2.45) is 5.73 Å². The van der Waals surface area contributed by atoms with Gasteiger partial charge in [0, 0.05) is 16.6 Å². The smallest absolute Gasteiger partial charge is 0.240 e. The fourth-order valence-corrected chi connectivity index (χ4v) is 2.75. The lowest BCUT2D eigenvalue weighted by Gasteiger charge is -2.19. The van der Waals surface area contributed by atoms with Crippen molar-refractivity contribution in [2.45, 2.75) is 24.3 Å². The van der Waals surface area contributed by atoms with E-state index >= 15 is 0 Å². The Kier molecular flexibility index (Phi) is 4.60. The Labute approximate surface area is 115 Å². The highest BCUT2D eigenvalue weighted by Gasteiger charge is 2.19. The van der Waals surface area contributed by atoms with Crippen molar-refractivity contribution in [3.05, 3.63) is 27.7 Å². The van der Waals surface area contributed by atoms with Crippen molar-refractivity contribution in [1.82, 2.24) is 4.72 Å². The molecule has 0 aromatic heterocycles. The van der Waals surface area contributed by atoms with Gasteiger partial charge in [0.1, 0.15) is 0 Å². The summed E-state index contributed by atoms with van der Waals surface area (Å²) in [4.78, 5) is 0.120. The zero-order chi connectivity index (χ0) is 13.3. The maximum atomic E-state index is 11.9. The minimum atomic E-state index is -3.57. The number of hydrogen-bond acceptors (Lipinski definition) is 3. The fraction of sp³-hybridized carbons (Fsp3) is 0.400. The molecule has 4 nitrogen and oxygen atoms in total. The van der Waals surface area contributed by atoms with Crippen LogP contribution in [0, 0.1) is 0 Å². The molecule has 17 heavy (non-hydrogen) atoms. The molecule has 0 atom stereocenters. The van der Waals surface area contributed by atoms with Crippen molar-refractivity contribution in [2.75, 3.05) is 6.54 Å². The summed E-state index contributed by atoms with van der Waals surface area (Å²) in [5, 5.41) is 0.347. The van der Waals surface area contributed by atoms with E-state index in [1.807, 2.05) is 0 Å². The highest BCUT2D eigenvalue weighted by Crippen LogP contribution is 2.25. The Balaban J connectivity index is 2.94. The lowest BCUT2D eigenvalue weighted by Crippen LogP contribution is -2.45. The number of halogens is 2. The molecule has 7 heteroatoms. The van der Waals surface area contributed by atoms with Crippen LogP contribution in [0.2, 0.25) is 5.02 Å². The second-order valence-electron chi connectivity index (χ2n) is 4.39. The summed E-state index contributed by atoms with van der Waals surface area (Å²) < 4.78 is 26.9. The number of nitrogens with two attached hydrogens (primary N) is 1. The van der Waals surface area contributed by atoms with Crippen LogP contribution in [-0.2, 0) is 10.0 Å². The van der Waals surface area contributed by atoms with Gasteiger partial charge in [-0.2, -0.15) is 0 Å².